The lowest BCUT2D eigenvalue weighted by atomic mass is 10.2. The van der Waals surface area contributed by atoms with Crippen molar-refractivity contribution in [2.45, 2.75) is 27.7 Å². The van der Waals surface area contributed by atoms with Gasteiger partial charge in [-0.2, -0.15) is 0 Å². The molecule has 0 spiro atoms. The Bertz CT molecular complexity index is 718. The molecule has 2 aromatic rings. The first-order valence-corrected chi connectivity index (χ1v) is 10.1. The molecule has 0 atom stereocenters. The Morgan fingerprint density at radius 1 is 0.963 bits per heavy atom. The molecule has 1 aliphatic rings. The van der Waals surface area contributed by atoms with Gasteiger partial charge in [-0.15, -0.1) is 0 Å². The molecule has 0 bridgehead atoms. The molecular weight excluding hydrogens is 336 g/mol. The minimum Gasteiger partial charge on any atom is -0.372 e. The van der Waals surface area contributed by atoms with Crippen LogP contribution >= 0.6 is 0 Å². The lowest BCUT2D eigenvalue weighted by Gasteiger charge is -2.34. The number of hydrogen-bond donors (Lipinski definition) is 1. The molecule has 6 heteroatoms. The van der Waals surface area contributed by atoms with Crippen molar-refractivity contribution >= 4 is 23.0 Å². The number of nitrogens with zero attached hydrogens (tertiary/aromatic N) is 5. The quantitative estimate of drug-likeness (QED) is 0.807. The number of likely N-dealkylation sites (N-methyl/N-ethyl adjacent to an activating group) is 1. The molecule has 0 amide bonds. The monoisotopic (exact) mass is 368 g/mol. The summed E-state index contributed by atoms with van der Waals surface area (Å²) in [5, 5.41) is 3.44. The van der Waals surface area contributed by atoms with Crippen molar-refractivity contribution in [3.8, 4) is 0 Å². The Hall–Kier alpha value is -2.34. The van der Waals surface area contributed by atoms with Gasteiger partial charge in [-0.3, -0.25) is 0 Å². The number of hydrogen-bond acceptors (Lipinski definition) is 6. The molecule has 6 nitrogen and oxygen atoms in total. The molecule has 0 radical (unpaired) electrons. The second kappa shape index (κ2) is 9.04. The number of aryl methyl sites for hydroxylation is 1. The van der Waals surface area contributed by atoms with Gasteiger partial charge in [0.1, 0.15) is 17.5 Å². The van der Waals surface area contributed by atoms with E-state index in [-0.39, 0.29) is 0 Å². The molecule has 1 N–H and O–H groups in total. The van der Waals surface area contributed by atoms with Crippen molar-refractivity contribution in [1.82, 2.24) is 14.9 Å². The van der Waals surface area contributed by atoms with Gasteiger partial charge < -0.3 is 20.0 Å². The van der Waals surface area contributed by atoms with Crippen molar-refractivity contribution in [2.24, 2.45) is 0 Å². The summed E-state index contributed by atoms with van der Waals surface area (Å²) >= 11 is 0. The first-order valence-electron chi connectivity index (χ1n) is 10.1. The number of aromatic nitrogens is 2. The van der Waals surface area contributed by atoms with E-state index in [1.165, 1.54) is 5.69 Å². The highest BCUT2D eigenvalue weighted by Crippen LogP contribution is 2.23. The molecule has 1 aromatic heterocycles. The average Bonchev–Trinajstić information content (AvgIpc) is 2.70. The van der Waals surface area contributed by atoms with E-state index in [0.717, 1.165) is 69.0 Å². The van der Waals surface area contributed by atoms with Crippen LogP contribution in [0.4, 0.5) is 23.0 Å². The van der Waals surface area contributed by atoms with E-state index >= 15 is 0 Å². The van der Waals surface area contributed by atoms with Crippen molar-refractivity contribution < 1.29 is 0 Å². The maximum Gasteiger partial charge on any atom is 0.136 e. The zero-order valence-corrected chi connectivity index (χ0v) is 17.1. The van der Waals surface area contributed by atoms with Gasteiger partial charge in [-0.05, 0) is 51.6 Å². The van der Waals surface area contributed by atoms with Crippen LogP contribution in [0.3, 0.4) is 0 Å². The summed E-state index contributed by atoms with van der Waals surface area (Å²) in [6.07, 6.45) is 0. The van der Waals surface area contributed by atoms with Gasteiger partial charge >= 0.3 is 0 Å². The summed E-state index contributed by atoms with van der Waals surface area (Å²) in [5.74, 6) is 2.67. The lowest BCUT2D eigenvalue weighted by Crippen LogP contribution is -2.46. The third-order valence-electron chi connectivity index (χ3n) is 5.24. The fourth-order valence-corrected chi connectivity index (χ4v) is 3.56. The summed E-state index contributed by atoms with van der Waals surface area (Å²) in [7, 11) is 0. The number of nitrogens with one attached hydrogen (secondary N) is 1. The van der Waals surface area contributed by atoms with E-state index in [0.29, 0.717) is 0 Å². The van der Waals surface area contributed by atoms with Crippen LogP contribution in [-0.4, -0.2) is 60.7 Å². The Morgan fingerprint density at radius 3 is 2.22 bits per heavy atom. The Labute approximate surface area is 163 Å². The van der Waals surface area contributed by atoms with Crippen LogP contribution < -0.4 is 15.1 Å². The Kier molecular flexibility index (Phi) is 6.50. The topological polar surface area (TPSA) is 47.5 Å². The molecule has 1 fully saturated rings. The van der Waals surface area contributed by atoms with Crippen molar-refractivity contribution in [3.63, 3.8) is 0 Å². The van der Waals surface area contributed by atoms with Gasteiger partial charge in [0.2, 0.25) is 0 Å². The molecule has 3 rings (SSSR count). The first-order chi connectivity index (χ1) is 13.1. The summed E-state index contributed by atoms with van der Waals surface area (Å²) in [5.41, 5.74) is 2.30. The maximum absolute atomic E-state index is 4.66. The average molecular weight is 369 g/mol. The van der Waals surface area contributed by atoms with Crippen LogP contribution in [0.25, 0.3) is 0 Å². The van der Waals surface area contributed by atoms with Crippen LogP contribution in [-0.2, 0) is 0 Å². The van der Waals surface area contributed by atoms with Gasteiger partial charge in [-0.1, -0.05) is 6.92 Å². The molecule has 1 aromatic carbocycles. The SMILES string of the molecule is CCN1CCN(c2cc(Nc3ccc(N(CC)CC)cc3)nc(C)n2)CC1. The molecule has 1 aliphatic heterocycles. The number of piperazine rings is 1. The van der Waals surface area contributed by atoms with Crippen molar-refractivity contribution in [2.75, 3.05) is 60.9 Å². The molecule has 27 heavy (non-hydrogen) atoms. The molecular formula is C21H32N6. The summed E-state index contributed by atoms with van der Waals surface area (Å²) in [6, 6.07) is 10.6. The standard InChI is InChI=1S/C21H32N6/c1-5-25-12-14-27(15-13-25)21-16-20(22-17(4)23-21)24-18-8-10-19(11-9-18)26(6-2)7-3/h8-11,16H,5-7,12-15H2,1-4H3,(H,22,23,24). The van der Waals surface area contributed by atoms with Gasteiger partial charge in [0.25, 0.3) is 0 Å². The highest BCUT2D eigenvalue weighted by atomic mass is 15.3. The van der Waals surface area contributed by atoms with Crippen molar-refractivity contribution in [1.29, 1.82) is 0 Å². The third-order valence-corrected chi connectivity index (χ3v) is 5.24. The van der Waals surface area contributed by atoms with Gasteiger partial charge in [0, 0.05) is 56.7 Å². The summed E-state index contributed by atoms with van der Waals surface area (Å²) < 4.78 is 0. The maximum atomic E-state index is 4.66. The van der Waals surface area contributed by atoms with Crippen molar-refractivity contribution in [3.05, 3.63) is 36.2 Å². The zero-order valence-electron chi connectivity index (χ0n) is 17.1. The van der Waals surface area contributed by atoms with E-state index in [2.05, 4.69) is 81.1 Å². The van der Waals surface area contributed by atoms with Gasteiger partial charge in [0.15, 0.2) is 0 Å². The van der Waals surface area contributed by atoms with Gasteiger partial charge in [-0.25, -0.2) is 9.97 Å². The molecule has 1 saturated heterocycles. The predicted molar refractivity (Wildman–Crippen MR) is 114 cm³/mol. The molecule has 0 unspecified atom stereocenters. The summed E-state index contributed by atoms with van der Waals surface area (Å²) in [4.78, 5) is 16.4. The largest absolute Gasteiger partial charge is 0.372 e. The minimum absolute atomic E-state index is 0.799. The van der Waals surface area contributed by atoms with E-state index in [1.807, 2.05) is 6.92 Å². The number of anilines is 4. The number of benzene rings is 1. The number of rotatable bonds is 7. The van der Waals surface area contributed by atoms with E-state index < -0.39 is 0 Å². The molecule has 2 heterocycles. The highest BCUT2D eigenvalue weighted by molar-refractivity contribution is 5.63. The smallest absolute Gasteiger partial charge is 0.136 e. The van der Waals surface area contributed by atoms with Gasteiger partial charge in [0.05, 0.1) is 0 Å². The highest BCUT2D eigenvalue weighted by Gasteiger charge is 2.17. The lowest BCUT2D eigenvalue weighted by molar-refractivity contribution is 0.270. The fraction of sp³-hybridized carbons (Fsp3) is 0.524. The van der Waals surface area contributed by atoms with E-state index in [1.54, 1.807) is 0 Å². The Balaban J connectivity index is 1.71. The summed E-state index contributed by atoms with van der Waals surface area (Å²) in [6.45, 7) is 15.9. The molecule has 0 saturated carbocycles. The second-order valence-corrected chi connectivity index (χ2v) is 6.92. The third kappa shape index (κ3) is 4.89. The van der Waals surface area contributed by atoms with E-state index in [9.17, 15) is 0 Å². The molecule has 0 aliphatic carbocycles. The normalized spacial score (nSPS) is 15.0. The van der Waals surface area contributed by atoms with E-state index in [4.69, 9.17) is 0 Å². The minimum atomic E-state index is 0.799. The Morgan fingerprint density at radius 2 is 1.63 bits per heavy atom. The van der Waals surface area contributed by atoms with Crippen LogP contribution in [0.2, 0.25) is 0 Å². The predicted octanol–water partition coefficient (Wildman–Crippen LogP) is 3.52. The molecule has 146 valence electrons. The zero-order chi connectivity index (χ0) is 19.2. The first kappa shape index (κ1) is 19.4. The fourth-order valence-electron chi connectivity index (χ4n) is 3.56. The van der Waals surface area contributed by atoms with Crippen LogP contribution in [0, 0.1) is 6.92 Å². The van der Waals surface area contributed by atoms with Crippen LogP contribution in [0.5, 0.6) is 0 Å². The van der Waals surface area contributed by atoms with Crippen LogP contribution in [0.1, 0.15) is 26.6 Å². The van der Waals surface area contributed by atoms with Crippen LogP contribution in [0.15, 0.2) is 30.3 Å². The second-order valence-electron chi connectivity index (χ2n) is 6.92.